The fourth-order valence-corrected chi connectivity index (χ4v) is 8.24. The number of Topliss-reactive ketones (excluding diaryl/α,β-unsaturated/α-hetero) is 1. The van der Waals surface area contributed by atoms with Crippen molar-refractivity contribution >= 4 is 24.1 Å². The second-order valence-corrected chi connectivity index (χ2v) is 17.7. The zero-order chi connectivity index (χ0) is 47.9. The number of benzene rings is 1. The first kappa shape index (κ1) is 55.6. The molecule has 4 rings (SSSR count). The molecular weight excluding hydrogens is 791 g/mol. The van der Waals surface area contributed by atoms with E-state index in [2.05, 4.69) is 24.7 Å². The number of esters is 1. The molecule has 12 nitrogen and oxygen atoms in total. The summed E-state index contributed by atoms with van der Waals surface area (Å²) < 4.78 is 22.9. The molecule has 1 aliphatic heterocycles. The van der Waals surface area contributed by atoms with Gasteiger partial charge in [0.15, 0.2) is 5.78 Å². The number of amides is 1. The summed E-state index contributed by atoms with van der Waals surface area (Å²) in [6.07, 6.45) is 12.1. The van der Waals surface area contributed by atoms with Crippen LogP contribution in [-0.2, 0) is 33.3 Å². The van der Waals surface area contributed by atoms with Gasteiger partial charge in [-0.2, -0.15) is 0 Å². The van der Waals surface area contributed by atoms with E-state index in [1.165, 1.54) is 0 Å². The Labute approximate surface area is 371 Å². The van der Waals surface area contributed by atoms with Gasteiger partial charge in [-0.1, -0.05) is 101 Å². The van der Waals surface area contributed by atoms with Crippen LogP contribution in [0, 0.1) is 30.6 Å². The number of nitrogens with one attached hydrogen (secondary N) is 1. The maximum atomic E-state index is 14.0. The topological polar surface area (TPSA) is 178 Å². The summed E-state index contributed by atoms with van der Waals surface area (Å²) >= 11 is 0. The highest BCUT2D eigenvalue weighted by molar-refractivity contribution is 5.89. The van der Waals surface area contributed by atoms with Crippen molar-refractivity contribution in [3.8, 4) is 12.8 Å². The maximum Gasteiger partial charge on any atom is 0.408 e. The van der Waals surface area contributed by atoms with E-state index in [1.54, 1.807) is 53.9 Å². The molecule has 8 atom stereocenters. The van der Waals surface area contributed by atoms with Gasteiger partial charge in [-0.15, -0.1) is 12.8 Å². The Bertz CT molecular complexity index is 1780. The monoisotopic (exact) mass is 866 g/mol. The van der Waals surface area contributed by atoms with Gasteiger partial charge in [-0.25, -0.2) is 4.79 Å². The van der Waals surface area contributed by atoms with Crippen molar-refractivity contribution in [2.24, 2.45) is 10.8 Å². The number of carbonyl (C=O) groups is 4. The number of aryl methyl sites for hydroxylation is 1. The molecule has 4 N–H and O–H groups in total. The first-order chi connectivity index (χ1) is 28.9. The first-order valence-corrected chi connectivity index (χ1v) is 21.4. The molecule has 1 amide bonds. The van der Waals surface area contributed by atoms with E-state index >= 15 is 0 Å². The second kappa shape index (κ2) is 23.9. The van der Waals surface area contributed by atoms with Crippen LogP contribution in [0.15, 0.2) is 71.9 Å². The van der Waals surface area contributed by atoms with E-state index in [4.69, 9.17) is 18.9 Å². The summed E-state index contributed by atoms with van der Waals surface area (Å²) in [6, 6.07) is 6.71. The molecule has 0 aromatic heterocycles. The van der Waals surface area contributed by atoms with Gasteiger partial charge in [-0.3, -0.25) is 14.4 Å². The lowest BCUT2D eigenvalue weighted by Crippen LogP contribution is -2.69. The van der Waals surface area contributed by atoms with Gasteiger partial charge >= 0.3 is 12.1 Å². The molecule has 1 saturated carbocycles. The molecule has 2 fully saturated rings. The molecule has 0 unspecified atom stereocenters. The highest BCUT2D eigenvalue weighted by Gasteiger charge is 2.62. The molecule has 346 valence electrons. The third kappa shape index (κ3) is 13.8. The number of methoxy groups -OCH3 is 1. The van der Waals surface area contributed by atoms with Crippen LogP contribution in [0.1, 0.15) is 132 Å². The van der Waals surface area contributed by atoms with E-state index in [0.29, 0.717) is 35.3 Å². The number of aliphatic hydroxyl groups is 3. The Morgan fingerprint density at radius 3 is 2.16 bits per heavy atom. The Morgan fingerprint density at radius 1 is 1.08 bits per heavy atom. The molecule has 0 spiro atoms. The quantitative estimate of drug-likeness (QED) is 0.0354. The van der Waals surface area contributed by atoms with E-state index < -0.39 is 69.8 Å². The SMILES string of the molecule is C#C.C=C(C=O)/C=C\C=C/C.CC.CC[C@]1(O)C[C@H](OC(=O)C[C@@H](NC(=O)OC(C)(C)C)c2ccc(C)cc2)C(C)=C(C[C@@H](O)C(=O)[C@@]2(C)C[C@]3(OC)CO[C@@H]3C[C@@H]2O)C1(C)C. The number of hydrogen-bond donors (Lipinski definition) is 4. The van der Waals surface area contributed by atoms with Gasteiger partial charge < -0.3 is 39.6 Å². The van der Waals surface area contributed by atoms with Crippen LogP contribution in [0.5, 0.6) is 0 Å². The van der Waals surface area contributed by atoms with Crippen LogP contribution in [0.3, 0.4) is 0 Å². The second-order valence-electron chi connectivity index (χ2n) is 17.7. The van der Waals surface area contributed by atoms with Gasteiger partial charge in [0.2, 0.25) is 0 Å². The smallest absolute Gasteiger partial charge is 0.408 e. The van der Waals surface area contributed by atoms with E-state index in [1.807, 2.05) is 84.9 Å². The Balaban J connectivity index is 0.00000130. The van der Waals surface area contributed by atoms with Crippen molar-refractivity contribution in [1.82, 2.24) is 5.32 Å². The zero-order valence-electron chi connectivity index (χ0n) is 39.5. The third-order valence-corrected chi connectivity index (χ3v) is 12.2. The Hall–Kier alpha value is -4.38. The fourth-order valence-electron chi connectivity index (χ4n) is 8.24. The van der Waals surface area contributed by atoms with Gasteiger partial charge in [0.05, 0.1) is 42.3 Å². The van der Waals surface area contributed by atoms with E-state index in [9.17, 15) is 34.5 Å². The largest absolute Gasteiger partial charge is 0.458 e. The molecule has 1 aromatic rings. The minimum absolute atomic E-state index is 0.109. The van der Waals surface area contributed by atoms with Gasteiger partial charge in [0.1, 0.15) is 29.7 Å². The van der Waals surface area contributed by atoms with Crippen molar-refractivity contribution < 1.29 is 53.4 Å². The average molecular weight is 866 g/mol. The van der Waals surface area contributed by atoms with Crippen LogP contribution in [-0.4, -0.2) is 94.4 Å². The minimum Gasteiger partial charge on any atom is -0.458 e. The molecule has 1 heterocycles. The van der Waals surface area contributed by atoms with Crippen LogP contribution in [0.4, 0.5) is 4.79 Å². The number of carbonyl (C=O) groups excluding carboxylic acids is 4. The van der Waals surface area contributed by atoms with Crippen molar-refractivity contribution in [3.05, 3.63) is 83.0 Å². The van der Waals surface area contributed by atoms with E-state index in [-0.39, 0.29) is 38.2 Å². The lowest BCUT2D eigenvalue weighted by molar-refractivity contribution is -0.294. The van der Waals surface area contributed by atoms with Crippen LogP contribution in [0.2, 0.25) is 0 Å². The molecule has 1 aromatic carbocycles. The minimum atomic E-state index is -1.49. The van der Waals surface area contributed by atoms with Gasteiger partial charge in [-0.05, 0) is 72.4 Å². The number of ether oxygens (including phenoxy) is 4. The van der Waals surface area contributed by atoms with Crippen molar-refractivity contribution in [2.45, 2.75) is 169 Å². The van der Waals surface area contributed by atoms with Gasteiger partial charge in [0.25, 0.3) is 0 Å². The number of aldehydes is 1. The predicted molar refractivity (Wildman–Crippen MR) is 243 cm³/mol. The van der Waals surface area contributed by atoms with Crippen molar-refractivity contribution in [2.75, 3.05) is 13.7 Å². The van der Waals surface area contributed by atoms with E-state index in [0.717, 1.165) is 11.8 Å². The summed E-state index contributed by atoms with van der Waals surface area (Å²) in [4.78, 5) is 50.3. The number of hydrogen-bond acceptors (Lipinski definition) is 11. The molecular formula is C50H75NO11. The highest BCUT2D eigenvalue weighted by atomic mass is 16.6. The van der Waals surface area contributed by atoms with Crippen LogP contribution >= 0.6 is 0 Å². The number of ketones is 1. The molecule has 12 heteroatoms. The summed E-state index contributed by atoms with van der Waals surface area (Å²) in [5.41, 5.74) is -1.45. The lowest BCUT2D eigenvalue weighted by atomic mass is 9.58. The number of fused-ring (bicyclic) bond motifs is 1. The fraction of sp³-hybridized carbons (Fsp3) is 0.600. The number of rotatable bonds is 14. The molecule has 2 aliphatic carbocycles. The Kier molecular flexibility index (Phi) is 21.4. The van der Waals surface area contributed by atoms with Crippen LogP contribution < -0.4 is 5.32 Å². The maximum absolute atomic E-state index is 14.0. The van der Waals surface area contributed by atoms with Gasteiger partial charge in [0, 0.05) is 37.4 Å². The molecule has 1 saturated heterocycles. The Morgan fingerprint density at radius 2 is 1.68 bits per heavy atom. The molecule has 62 heavy (non-hydrogen) atoms. The standard InChI is InChI=1S/C38H57NO10.C8H10O.C2H6.C2H2/c1-11-38(45)19-28(48-31(42)17-26(24-14-12-22(2)13-15-24)39-33(44)49-34(4,5)6)23(3)25(35(38,7)8)16-27(40)32(43)36(9)20-37(46-10)21-47-30(37)18-29(36)41;1-3-4-5-6-8(2)7-9;2*1-2/h12-15,26-30,40-41,45H,11,16-21H2,1-10H3,(H,39,44);3-7H,2H2,1H3;1-2H3;1-2H/b;4-3-,6-5-;;/t26-,27-,28+,29+,30-,36+,37+,38+;;;/m1.../s1. The first-order valence-electron chi connectivity index (χ1n) is 21.4. The molecule has 0 radical (unpaired) electrons. The van der Waals surface area contributed by atoms with Crippen molar-refractivity contribution in [3.63, 3.8) is 0 Å². The summed E-state index contributed by atoms with van der Waals surface area (Å²) in [6.45, 7) is 25.9. The number of allylic oxidation sites excluding steroid dienone is 5. The zero-order valence-corrected chi connectivity index (χ0v) is 39.5. The molecule has 0 bridgehead atoms. The number of alkyl carbamates (subject to hydrolysis) is 1. The highest BCUT2D eigenvalue weighted by Crippen LogP contribution is 2.53. The molecule has 3 aliphatic rings. The summed E-state index contributed by atoms with van der Waals surface area (Å²) in [5.74, 6) is -1.11. The predicted octanol–water partition coefficient (Wildman–Crippen LogP) is 8.16. The average Bonchev–Trinajstić information content (AvgIpc) is 3.22. The van der Waals surface area contributed by atoms with Crippen LogP contribution in [0.25, 0.3) is 0 Å². The number of aliphatic hydroxyl groups excluding tert-OH is 2. The van der Waals surface area contributed by atoms with Crippen molar-refractivity contribution in [1.29, 1.82) is 0 Å². The summed E-state index contributed by atoms with van der Waals surface area (Å²) in [7, 11) is 1.57. The summed E-state index contributed by atoms with van der Waals surface area (Å²) in [5, 5.41) is 37.4. The number of terminal acetylenes is 1. The lowest BCUT2D eigenvalue weighted by Gasteiger charge is -2.57. The normalized spacial score (nSPS) is 27.2. The third-order valence-electron chi connectivity index (χ3n) is 12.2.